The lowest BCUT2D eigenvalue weighted by Gasteiger charge is -2.28. The van der Waals surface area contributed by atoms with Gasteiger partial charge in [-0.25, -0.2) is 9.97 Å². The van der Waals surface area contributed by atoms with E-state index in [9.17, 15) is 5.11 Å². The van der Waals surface area contributed by atoms with Gasteiger partial charge in [-0.05, 0) is 19.1 Å². The number of aryl methyl sites for hydroxylation is 1. The summed E-state index contributed by atoms with van der Waals surface area (Å²) in [5.74, 6) is 1.93. The van der Waals surface area contributed by atoms with E-state index < -0.39 is 0 Å². The van der Waals surface area contributed by atoms with Crippen molar-refractivity contribution in [3.63, 3.8) is 0 Å². The molecule has 0 spiro atoms. The molecule has 2 aromatic rings. The minimum atomic E-state index is -0.0792. The lowest BCUT2D eigenvalue weighted by molar-refractivity contribution is 0.122. The van der Waals surface area contributed by atoms with Gasteiger partial charge in [0.15, 0.2) is 5.82 Å². The summed E-state index contributed by atoms with van der Waals surface area (Å²) in [6.07, 6.45) is 1.43. The normalized spacial score (nSPS) is 14.9. The minimum Gasteiger partial charge on any atom is -0.506 e. The van der Waals surface area contributed by atoms with Gasteiger partial charge in [-0.3, -0.25) is 5.43 Å². The van der Waals surface area contributed by atoms with E-state index in [4.69, 9.17) is 27.9 Å². The van der Waals surface area contributed by atoms with Gasteiger partial charge >= 0.3 is 0 Å². The molecule has 0 saturated carbocycles. The van der Waals surface area contributed by atoms with Gasteiger partial charge in [0.25, 0.3) is 0 Å². The van der Waals surface area contributed by atoms with E-state index in [1.807, 2.05) is 13.0 Å². The fourth-order valence-corrected chi connectivity index (χ4v) is 2.93. The SMILES string of the molecule is Cc1nc(N/N=C/c2cc(Cl)cc(Cl)c2O)cc(N2CCOCC2)n1. The molecule has 0 atom stereocenters. The number of ether oxygens (including phenoxy) is 1. The van der Waals surface area contributed by atoms with Crippen LogP contribution in [0.5, 0.6) is 5.75 Å². The van der Waals surface area contributed by atoms with Crippen LogP contribution in [0.15, 0.2) is 23.3 Å². The molecule has 9 heteroatoms. The highest BCUT2D eigenvalue weighted by molar-refractivity contribution is 6.36. The number of nitrogens with one attached hydrogen (secondary N) is 1. The molecule has 1 fully saturated rings. The molecular formula is C16H17Cl2N5O2. The van der Waals surface area contributed by atoms with Crippen molar-refractivity contribution in [2.45, 2.75) is 6.92 Å². The predicted molar refractivity (Wildman–Crippen MR) is 99.1 cm³/mol. The molecule has 132 valence electrons. The third kappa shape index (κ3) is 4.50. The van der Waals surface area contributed by atoms with Crippen LogP contribution < -0.4 is 10.3 Å². The number of phenolic OH excluding ortho intramolecular Hbond substituents is 1. The molecule has 2 heterocycles. The molecule has 1 aromatic carbocycles. The molecule has 3 rings (SSSR count). The molecule has 1 aliphatic rings. The van der Waals surface area contributed by atoms with Crippen molar-refractivity contribution in [1.29, 1.82) is 0 Å². The molecule has 2 N–H and O–H groups in total. The summed E-state index contributed by atoms with van der Waals surface area (Å²) in [7, 11) is 0. The Morgan fingerprint density at radius 2 is 2.00 bits per heavy atom. The standard InChI is InChI=1S/C16H17Cl2N5O2/c1-10-20-14(8-15(21-10)23-2-4-25-5-3-23)22-19-9-11-6-12(17)7-13(18)16(11)24/h6-9,24H,2-5H2,1H3,(H,20,21,22)/b19-9+. The molecular weight excluding hydrogens is 365 g/mol. The van der Waals surface area contributed by atoms with Crippen LogP contribution in [-0.2, 0) is 4.74 Å². The summed E-state index contributed by atoms with van der Waals surface area (Å²) in [4.78, 5) is 10.9. The van der Waals surface area contributed by atoms with Gasteiger partial charge in [0.2, 0.25) is 0 Å². The Kier molecular flexibility index (Phi) is 5.57. The smallest absolute Gasteiger partial charge is 0.152 e. The number of hydrogen-bond acceptors (Lipinski definition) is 7. The Bertz CT molecular complexity index is 794. The van der Waals surface area contributed by atoms with Crippen molar-refractivity contribution in [1.82, 2.24) is 9.97 Å². The molecule has 1 aromatic heterocycles. The zero-order chi connectivity index (χ0) is 17.8. The molecule has 7 nitrogen and oxygen atoms in total. The average molecular weight is 382 g/mol. The number of aromatic nitrogens is 2. The summed E-state index contributed by atoms with van der Waals surface area (Å²) in [6, 6.07) is 4.85. The van der Waals surface area contributed by atoms with Crippen LogP contribution in [0.2, 0.25) is 10.0 Å². The van der Waals surface area contributed by atoms with E-state index in [2.05, 4.69) is 25.4 Å². The average Bonchev–Trinajstić information content (AvgIpc) is 2.59. The lowest BCUT2D eigenvalue weighted by atomic mass is 10.2. The zero-order valence-electron chi connectivity index (χ0n) is 13.5. The monoisotopic (exact) mass is 381 g/mol. The summed E-state index contributed by atoms with van der Waals surface area (Å²) in [5, 5.41) is 14.6. The Morgan fingerprint density at radius 3 is 2.76 bits per heavy atom. The fourth-order valence-electron chi connectivity index (χ4n) is 2.42. The van der Waals surface area contributed by atoms with Crippen LogP contribution in [0.4, 0.5) is 11.6 Å². The topological polar surface area (TPSA) is 82.9 Å². The summed E-state index contributed by atoms with van der Waals surface area (Å²) >= 11 is 11.8. The third-order valence-corrected chi connectivity index (χ3v) is 4.11. The van der Waals surface area contributed by atoms with Crippen LogP contribution in [0.3, 0.4) is 0 Å². The van der Waals surface area contributed by atoms with Crippen LogP contribution in [0, 0.1) is 6.92 Å². The second kappa shape index (κ2) is 7.86. The Labute approximate surface area is 155 Å². The Morgan fingerprint density at radius 1 is 1.24 bits per heavy atom. The maximum atomic E-state index is 9.92. The van der Waals surface area contributed by atoms with Gasteiger partial charge in [0.1, 0.15) is 17.4 Å². The Balaban J connectivity index is 1.76. The predicted octanol–water partition coefficient (Wildman–Crippen LogP) is 3.08. The molecule has 0 bridgehead atoms. The number of halogens is 2. The van der Waals surface area contributed by atoms with Crippen molar-refractivity contribution in [3.05, 3.63) is 39.6 Å². The molecule has 25 heavy (non-hydrogen) atoms. The number of benzene rings is 1. The van der Waals surface area contributed by atoms with Crippen LogP contribution in [0.1, 0.15) is 11.4 Å². The van der Waals surface area contributed by atoms with E-state index in [-0.39, 0.29) is 10.8 Å². The number of hydrogen-bond donors (Lipinski definition) is 2. The van der Waals surface area contributed by atoms with Gasteiger partial charge in [-0.15, -0.1) is 0 Å². The maximum absolute atomic E-state index is 9.92. The van der Waals surface area contributed by atoms with E-state index in [1.165, 1.54) is 12.3 Å². The van der Waals surface area contributed by atoms with E-state index in [0.717, 1.165) is 18.9 Å². The molecule has 1 saturated heterocycles. The van der Waals surface area contributed by atoms with E-state index in [1.54, 1.807) is 6.07 Å². The highest BCUT2D eigenvalue weighted by Crippen LogP contribution is 2.30. The van der Waals surface area contributed by atoms with Crippen LogP contribution >= 0.6 is 23.2 Å². The highest BCUT2D eigenvalue weighted by atomic mass is 35.5. The second-order valence-corrected chi connectivity index (χ2v) is 6.30. The maximum Gasteiger partial charge on any atom is 0.152 e. The number of phenols is 1. The molecule has 0 aliphatic carbocycles. The number of hydrazone groups is 1. The number of aromatic hydroxyl groups is 1. The number of rotatable bonds is 4. The van der Waals surface area contributed by atoms with Crippen LogP contribution in [0.25, 0.3) is 0 Å². The molecule has 0 amide bonds. The first-order valence-corrected chi connectivity index (χ1v) is 8.44. The van der Waals surface area contributed by atoms with Gasteiger partial charge in [-0.1, -0.05) is 23.2 Å². The lowest BCUT2D eigenvalue weighted by Crippen LogP contribution is -2.36. The Hall–Kier alpha value is -2.09. The van der Waals surface area contributed by atoms with Crippen molar-refractivity contribution in [2.24, 2.45) is 5.10 Å². The number of nitrogens with zero attached hydrogens (tertiary/aromatic N) is 4. The molecule has 1 aliphatic heterocycles. The van der Waals surface area contributed by atoms with Crippen molar-refractivity contribution in [3.8, 4) is 5.75 Å². The number of morpholine rings is 1. The van der Waals surface area contributed by atoms with Gasteiger partial charge < -0.3 is 14.7 Å². The van der Waals surface area contributed by atoms with Crippen LogP contribution in [-0.4, -0.2) is 47.6 Å². The van der Waals surface area contributed by atoms with Gasteiger partial charge in [-0.2, -0.15) is 5.10 Å². The molecule has 0 unspecified atom stereocenters. The first kappa shape index (κ1) is 17.7. The zero-order valence-corrected chi connectivity index (χ0v) is 15.0. The van der Waals surface area contributed by atoms with Crippen molar-refractivity contribution < 1.29 is 9.84 Å². The van der Waals surface area contributed by atoms with Gasteiger partial charge in [0.05, 0.1) is 24.5 Å². The fraction of sp³-hybridized carbons (Fsp3) is 0.312. The van der Waals surface area contributed by atoms with E-state index in [0.29, 0.717) is 35.4 Å². The van der Waals surface area contributed by atoms with Crippen molar-refractivity contribution in [2.75, 3.05) is 36.6 Å². The first-order valence-electron chi connectivity index (χ1n) is 7.68. The molecule has 0 radical (unpaired) electrons. The quantitative estimate of drug-likeness (QED) is 0.625. The summed E-state index contributed by atoms with van der Waals surface area (Å²) in [5.41, 5.74) is 3.25. The highest BCUT2D eigenvalue weighted by Gasteiger charge is 2.14. The summed E-state index contributed by atoms with van der Waals surface area (Å²) in [6.45, 7) is 4.75. The number of anilines is 2. The summed E-state index contributed by atoms with van der Waals surface area (Å²) < 4.78 is 5.36. The third-order valence-electron chi connectivity index (χ3n) is 3.60. The largest absolute Gasteiger partial charge is 0.506 e. The van der Waals surface area contributed by atoms with E-state index >= 15 is 0 Å². The first-order chi connectivity index (χ1) is 12.0. The van der Waals surface area contributed by atoms with Crippen molar-refractivity contribution >= 4 is 41.1 Å². The van der Waals surface area contributed by atoms with Gasteiger partial charge in [0, 0.05) is 29.7 Å². The minimum absolute atomic E-state index is 0.0792. The second-order valence-electron chi connectivity index (χ2n) is 5.45.